The van der Waals surface area contributed by atoms with Gasteiger partial charge in [-0.3, -0.25) is 0 Å². The molecule has 0 radical (unpaired) electrons. The van der Waals surface area contributed by atoms with Gasteiger partial charge in [0.2, 0.25) is 0 Å². The van der Waals surface area contributed by atoms with Crippen molar-refractivity contribution in [2.45, 2.75) is 6.92 Å². The number of carbonyl (C=O) groups is 1. The van der Waals surface area contributed by atoms with Crippen LogP contribution in [0.5, 0.6) is 0 Å². The minimum Gasteiger partial charge on any atom is -0.353 e. The second kappa shape index (κ2) is 8.96. The van der Waals surface area contributed by atoms with E-state index in [9.17, 15) is 4.79 Å². The first kappa shape index (κ1) is 19.9. The number of aromatic nitrogens is 3. The highest BCUT2D eigenvalue weighted by Gasteiger charge is 2.22. The number of rotatable bonds is 4. The van der Waals surface area contributed by atoms with Crippen molar-refractivity contribution >= 4 is 40.8 Å². The molecule has 1 aliphatic rings. The van der Waals surface area contributed by atoms with Crippen LogP contribution in [0.25, 0.3) is 0 Å². The van der Waals surface area contributed by atoms with Gasteiger partial charge in [-0.1, -0.05) is 23.7 Å². The molecule has 2 amide bonds. The lowest BCUT2D eigenvalue weighted by atomic mass is 10.3. The molecule has 154 valence electrons. The average Bonchev–Trinajstić information content (AvgIpc) is 2.74. The Kier molecular flexibility index (Phi) is 5.94. The van der Waals surface area contributed by atoms with Gasteiger partial charge in [-0.2, -0.15) is 0 Å². The number of nitrogens with zero attached hydrogens (tertiary/aromatic N) is 5. The number of nitrogens with one attached hydrogen (secondary N) is 2. The normalized spacial score (nSPS) is 13.8. The monoisotopic (exact) mass is 423 g/mol. The Bertz CT molecular complexity index is 1020. The number of hydrogen-bond donors (Lipinski definition) is 2. The summed E-state index contributed by atoms with van der Waals surface area (Å²) in [7, 11) is 0. The zero-order valence-corrected chi connectivity index (χ0v) is 17.3. The molecule has 3 aromatic rings. The molecule has 1 fully saturated rings. The predicted octanol–water partition coefficient (Wildman–Crippen LogP) is 3.93. The number of piperazine rings is 1. The molecule has 1 aromatic carbocycles. The lowest BCUT2D eigenvalue weighted by Gasteiger charge is -2.35. The fraction of sp³-hybridized carbons (Fsp3) is 0.238. The minimum atomic E-state index is -0.131. The molecule has 0 saturated carbocycles. The molecule has 0 bridgehead atoms. The number of benzene rings is 1. The maximum Gasteiger partial charge on any atom is 0.321 e. The Balaban J connectivity index is 1.38. The van der Waals surface area contributed by atoms with Gasteiger partial charge in [0.25, 0.3) is 0 Å². The van der Waals surface area contributed by atoms with E-state index < -0.39 is 0 Å². The zero-order chi connectivity index (χ0) is 20.9. The van der Waals surface area contributed by atoms with E-state index in [0.29, 0.717) is 48.5 Å². The van der Waals surface area contributed by atoms with Crippen LogP contribution in [0.2, 0.25) is 5.02 Å². The number of urea groups is 1. The third-order valence-corrected chi connectivity index (χ3v) is 4.95. The summed E-state index contributed by atoms with van der Waals surface area (Å²) in [5, 5.41) is 6.69. The van der Waals surface area contributed by atoms with Crippen molar-refractivity contribution in [1.29, 1.82) is 0 Å². The van der Waals surface area contributed by atoms with E-state index in [-0.39, 0.29) is 6.03 Å². The lowest BCUT2D eigenvalue weighted by Crippen LogP contribution is -2.50. The molecule has 0 aliphatic carbocycles. The summed E-state index contributed by atoms with van der Waals surface area (Å²) in [6.45, 7) is 4.42. The molecule has 0 unspecified atom stereocenters. The van der Waals surface area contributed by atoms with Crippen LogP contribution in [0.1, 0.15) is 5.82 Å². The first-order valence-corrected chi connectivity index (χ1v) is 10.0. The first-order valence-electron chi connectivity index (χ1n) is 9.67. The first-order chi connectivity index (χ1) is 14.6. The predicted molar refractivity (Wildman–Crippen MR) is 119 cm³/mol. The maximum atomic E-state index is 12.5. The number of aryl methyl sites for hydroxylation is 1. The van der Waals surface area contributed by atoms with Gasteiger partial charge in [0.1, 0.15) is 23.3 Å². The summed E-state index contributed by atoms with van der Waals surface area (Å²) in [4.78, 5) is 29.8. The van der Waals surface area contributed by atoms with Gasteiger partial charge in [0, 0.05) is 49.2 Å². The van der Waals surface area contributed by atoms with Crippen LogP contribution in [0.15, 0.2) is 54.7 Å². The van der Waals surface area contributed by atoms with Gasteiger partial charge in [-0.15, -0.1) is 0 Å². The molecule has 0 spiro atoms. The number of halogens is 1. The Hall–Kier alpha value is -3.39. The fourth-order valence-corrected chi connectivity index (χ4v) is 3.44. The highest BCUT2D eigenvalue weighted by atomic mass is 35.5. The number of anilines is 4. The van der Waals surface area contributed by atoms with Crippen molar-refractivity contribution < 1.29 is 4.79 Å². The van der Waals surface area contributed by atoms with Gasteiger partial charge < -0.3 is 20.4 Å². The second-order valence-electron chi connectivity index (χ2n) is 6.91. The molecule has 30 heavy (non-hydrogen) atoms. The lowest BCUT2D eigenvalue weighted by molar-refractivity contribution is 0.208. The van der Waals surface area contributed by atoms with Crippen LogP contribution in [0, 0.1) is 6.92 Å². The molecule has 9 heteroatoms. The number of pyridine rings is 1. The highest BCUT2D eigenvalue weighted by molar-refractivity contribution is 6.30. The van der Waals surface area contributed by atoms with Crippen LogP contribution in [0.3, 0.4) is 0 Å². The summed E-state index contributed by atoms with van der Waals surface area (Å²) < 4.78 is 0. The summed E-state index contributed by atoms with van der Waals surface area (Å²) in [6, 6.07) is 14.6. The van der Waals surface area contributed by atoms with Gasteiger partial charge in [0.15, 0.2) is 0 Å². The van der Waals surface area contributed by atoms with E-state index in [2.05, 4.69) is 30.5 Å². The minimum absolute atomic E-state index is 0.131. The van der Waals surface area contributed by atoms with Crippen molar-refractivity contribution in [3.8, 4) is 0 Å². The molecular weight excluding hydrogens is 402 g/mol. The zero-order valence-electron chi connectivity index (χ0n) is 16.5. The molecule has 1 aliphatic heterocycles. The van der Waals surface area contributed by atoms with Crippen molar-refractivity contribution in [3.05, 3.63) is 65.6 Å². The van der Waals surface area contributed by atoms with Crippen LogP contribution in [-0.2, 0) is 0 Å². The standard InChI is InChI=1S/C21H22ClN7O/c1-15-24-19(27-18-7-2-3-8-23-18)14-20(25-15)28-9-11-29(12-10-28)21(30)26-17-6-4-5-16(22)13-17/h2-8,13-14H,9-12H2,1H3,(H,26,30)(H,23,24,25,27). The molecular formula is C21H22ClN7O. The SMILES string of the molecule is Cc1nc(Nc2ccccn2)cc(N2CCN(C(=O)Nc3cccc(Cl)c3)CC2)n1. The van der Waals surface area contributed by atoms with Crippen LogP contribution in [-0.4, -0.2) is 52.1 Å². The third kappa shape index (κ3) is 4.96. The summed E-state index contributed by atoms with van der Waals surface area (Å²) in [5.74, 6) is 2.92. The Morgan fingerprint density at radius 2 is 1.83 bits per heavy atom. The molecule has 0 atom stereocenters. The van der Waals surface area contributed by atoms with Crippen LogP contribution < -0.4 is 15.5 Å². The van der Waals surface area contributed by atoms with Crippen molar-refractivity contribution in [2.24, 2.45) is 0 Å². The Morgan fingerprint density at radius 3 is 2.57 bits per heavy atom. The van der Waals surface area contributed by atoms with Crippen molar-refractivity contribution in [3.63, 3.8) is 0 Å². The molecule has 3 heterocycles. The highest BCUT2D eigenvalue weighted by Crippen LogP contribution is 2.21. The number of amides is 2. The fourth-order valence-electron chi connectivity index (χ4n) is 3.25. The molecule has 1 saturated heterocycles. The average molecular weight is 424 g/mol. The van der Waals surface area contributed by atoms with Gasteiger partial charge in [0.05, 0.1) is 0 Å². The summed E-state index contributed by atoms with van der Waals surface area (Å²) in [5.41, 5.74) is 0.687. The van der Waals surface area contributed by atoms with E-state index in [1.54, 1.807) is 23.2 Å². The van der Waals surface area contributed by atoms with E-state index in [1.165, 1.54) is 0 Å². The largest absolute Gasteiger partial charge is 0.353 e. The van der Waals surface area contributed by atoms with E-state index in [4.69, 9.17) is 11.6 Å². The Morgan fingerprint density at radius 1 is 1.00 bits per heavy atom. The summed E-state index contributed by atoms with van der Waals surface area (Å²) in [6.07, 6.45) is 1.73. The van der Waals surface area contributed by atoms with Gasteiger partial charge in [-0.05, 0) is 37.3 Å². The van der Waals surface area contributed by atoms with Gasteiger partial charge in [-0.25, -0.2) is 19.7 Å². The molecule has 2 N–H and O–H groups in total. The van der Waals surface area contributed by atoms with Crippen molar-refractivity contribution in [2.75, 3.05) is 41.7 Å². The van der Waals surface area contributed by atoms with Crippen molar-refractivity contribution in [1.82, 2.24) is 19.9 Å². The Labute approximate surface area is 179 Å². The van der Waals surface area contributed by atoms with Gasteiger partial charge >= 0.3 is 6.03 Å². The van der Waals surface area contributed by atoms with E-state index >= 15 is 0 Å². The summed E-state index contributed by atoms with van der Waals surface area (Å²) >= 11 is 5.98. The maximum absolute atomic E-state index is 12.5. The molecule has 8 nitrogen and oxygen atoms in total. The van der Waals surface area contributed by atoms with Crippen LogP contribution in [0.4, 0.5) is 27.9 Å². The number of hydrogen-bond acceptors (Lipinski definition) is 6. The van der Waals surface area contributed by atoms with E-state index in [1.807, 2.05) is 43.3 Å². The topological polar surface area (TPSA) is 86.3 Å². The third-order valence-electron chi connectivity index (χ3n) is 4.71. The number of carbonyl (C=O) groups excluding carboxylic acids is 1. The second-order valence-corrected chi connectivity index (χ2v) is 7.35. The molecule has 2 aromatic heterocycles. The quantitative estimate of drug-likeness (QED) is 0.661. The van der Waals surface area contributed by atoms with Crippen LogP contribution >= 0.6 is 11.6 Å². The smallest absolute Gasteiger partial charge is 0.321 e. The van der Waals surface area contributed by atoms with E-state index in [0.717, 1.165) is 11.6 Å². The molecule has 4 rings (SSSR count).